The highest BCUT2D eigenvalue weighted by atomic mass is 15.1. The van der Waals surface area contributed by atoms with Gasteiger partial charge in [-0.15, -0.1) is 0 Å². The highest BCUT2D eigenvalue weighted by molar-refractivity contribution is 6.08. The average Bonchev–Trinajstić information content (AvgIpc) is 3.39. The van der Waals surface area contributed by atoms with Crippen molar-refractivity contribution in [2.24, 2.45) is 0 Å². The van der Waals surface area contributed by atoms with E-state index in [1.165, 1.54) is 4.90 Å². The lowest BCUT2D eigenvalue weighted by atomic mass is 9.95. The number of anilines is 3. The van der Waals surface area contributed by atoms with Crippen LogP contribution in [0.2, 0.25) is 0 Å². The molecule has 1 nitrogen and oxygen atoms in total. The van der Waals surface area contributed by atoms with Crippen molar-refractivity contribution in [3.63, 3.8) is 0 Å². The van der Waals surface area contributed by atoms with Gasteiger partial charge in [0.25, 0.3) is 0 Å². The molecule has 1 heteroatoms. The third-order valence-corrected chi connectivity index (χ3v) is 11.4. The summed E-state index contributed by atoms with van der Waals surface area (Å²) in [6.45, 7) is 0. The van der Waals surface area contributed by atoms with E-state index in [9.17, 15) is 11.0 Å². The second-order valence-corrected chi connectivity index (χ2v) is 15.1. The molecule has 0 unspecified atom stereocenters. The van der Waals surface area contributed by atoms with Gasteiger partial charge in [-0.1, -0.05) is 200 Å². The number of fused-ring (bicyclic) bond motifs is 4. The SMILES string of the molecule is [2H]c1c([2H])c(N(c2ccc(-c3ccc4c(ccc5ccccc54)c3)cc2)c2c([2H])c([2H])c(-c3cccc(-c4cccc5ccccc45)c3)c([2H])c2[2H])c([2H])c([2H])c1-c1ccc(-c2ccccc2)cc1. The molecule has 0 aromatic heterocycles. The number of hydrogen-bond donors (Lipinski definition) is 0. The predicted molar refractivity (Wildman–Crippen MR) is 261 cm³/mol. The summed E-state index contributed by atoms with van der Waals surface area (Å²) in [6, 6.07) is 62.0. The predicted octanol–water partition coefficient (Wildman–Crippen LogP) is 17.0. The Morgan fingerprint density at radius 2 is 0.689 bits per heavy atom. The molecule has 11 aromatic carbocycles. The first-order valence-corrected chi connectivity index (χ1v) is 20.3. The summed E-state index contributed by atoms with van der Waals surface area (Å²) in [6.07, 6.45) is 0. The second-order valence-electron chi connectivity index (χ2n) is 15.1. The molecule has 0 aliphatic carbocycles. The summed E-state index contributed by atoms with van der Waals surface area (Å²) in [5, 5.41) is 6.62. The molecule has 0 bridgehead atoms. The van der Waals surface area contributed by atoms with Crippen LogP contribution >= 0.6 is 0 Å². The summed E-state index contributed by atoms with van der Waals surface area (Å²) < 4.78 is 76.3. The maximum atomic E-state index is 9.66. The Morgan fingerprint density at radius 1 is 0.246 bits per heavy atom. The van der Waals surface area contributed by atoms with Crippen molar-refractivity contribution in [1.82, 2.24) is 0 Å². The number of hydrogen-bond acceptors (Lipinski definition) is 1. The summed E-state index contributed by atoms with van der Waals surface area (Å²) >= 11 is 0. The van der Waals surface area contributed by atoms with Crippen LogP contribution in [0.5, 0.6) is 0 Å². The van der Waals surface area contributed by atoms with E-state index in [-0.39, 0.29) is 46.7 Å². The van der Waals surface area contributed by atoms with Crippen LogP contribution in [0, 0.1) is 0 Å². The van der Waals surface area contributed by atoms with Gasteiger partial charge in [-0.25, -0.2) is 0 Å². The van der Waals surface area contributed by atoms with Crippen molar-refractivity contribution in [2.45, 2.75) is 0 Å². The van der Waals surface area contributed by atoms with Crippen LogP contribution in [0.1, 0.15) is 11.0 Å². The number of rotatable bonds is 8. The van der Waals surface area contributed by atoms with E-state index in [1.807, 2.05) is 127 Å². The molecule has 0 aliphatic heterocycles. The van der Waals surface area contributed by atoms with Gasteiger partial charge in [0.1, 0.15) is 0 Å². The Labute approximate surface area is 368 Å². The van der Waals surface area contributed by atoms with Gasteiger partial charge in [0.2, 0.25) is 0 Å². The van der Waals surface area contributed by atoms with Gasteiger partial charge >= 0.3 is 0 Å². The smallest absolute Gasteiger partial charge is 0.0645 e. The van der Waals surface area contributed by atoms with Crippen LogP contribution in [0.4, 0.5) is 17.1 Å². The van der Waals surface area contributed by atoms with Crippen molar-refractivity contribution in [1.29, 1.82) is 0 Å². The first-order chi connectivity index (χ1) is 33.6. The van der Waals surface area contributed by atoms with Gasteiger partial charge < -0.3 is 4.90 Å². The molecule has 11 aromatic rings. The minimum atomic E-state index is -0.398. The van der Waals surface area contributed by atoms with Gasteiger partial charge in [-0.2, -0.15) is 0 Å². The summed E-state index contributed by atoms with van der Waals surface area (Å²) in [5.74, 6) is 0. The monoisotopic (exact) mass is 783 g/mol. The van der Waals surface area contributed by atoms with Crippen LogP contribution < -0.4 is 4.90 Å². The Morgan fingerprint density at radius 3 is 1.41 bits per heavy atom. The summed E-state index contributed by atoms with van der Waals surface area (Å²) in [4.78, 5) is 1.36. The molecular formula is C60H41N. The molecule has 0 aliphatic rings. The fourth-order valence-electron chi connectivity index (χ4n) is 8.27. The van der Waals surface area contributed by atoms with Crippen LogP contribution in [-0.4, -0.2) is 0 Å². The molecule has 0 spiro atoms. The molecule has 11 rings (SSSR count). The van der Waals surface area contributed by atoms with Gasteiger partial charge in [0, 0.05) is 17.1 Å². The van der Waals surface area contributed by atoms with Gasteiger partial charge in [-0.3, -0.25) is 0 Å². The van der Waals surface area contributed by atoms with Crippen LogP contribution in [0.15, 0.2) is 249 Å². The fraction of sp³-hybridized carbons (Fsp3) is 0. The van der Waals surface area contributed by atoms with Crippen molar-refractivity contribution in [2.75, 3.05) is 4.90 Å². The zero-order chi connectivity index (χ0) is 47.5. The van der Waals surface area contributed by atoms with Crippen molar-refractivity contribution >= 4 is 49.4 Å². The molecule has 0 fully saturated rings. The third kappa shape index (κ3) is 7.03. The second kappa shape index (κ2) is 15.6. The van der Waals surface area contributed by atoms with Crippen molar-refractivity contribution in [3.05, 3.63) is 249 Å². The zero-order valence-corrected chi connectivity index (χ0v) is 33.0. The molecule has 0 amide bonds. The molecule has 0 N–H and O–H groups in total. The van der Waals surface area contributed by atoms with Gasteiger partial charge in [0.15, 0.2) is 0 Å². The molecule has 0 radical (unpaired) electrons. The Hall–Kier alpha value is -8.00. The third-order valence-electron chi connectivity index (χ3n) is 11.4. The van der Waals surface area contributed by atoms with Crippen LogP contribution in [0.25, 0.3) is 88.0 Å². The highest BCUT2D eigenvalue weighted by Gasteiger charge is 2.15. The van der Waals surface area contributed by atoms with E-state index in [0.717, 1.165) is 65.7 Å². The molecule has 286 valence electrons. The topological polar surface area (TPSA) is 3.24 Å². The summed E-state index contributed by atoms with van der Waals surface area (Å²) in [5.41, 5.74) is 6.69. The lowest BCUT2D eigenvalue weighted by molar-refractivity contribution is 1.28. The molecule has 0 saturated heterocycles. The average molecular weight is 784 g/mol. The quantitative estimate of drug-likeness (QED) is 0.139. The zero-order valence-electron chi connectivity index (χ0n) is 41.0. The number of nitrogens with zero attached hydrogens (tertiary/aromatic N) is 1. The van der Waals surface area contributed by atoms with Crippen LogP contribution in [-0.2, 0) is 0 Å². The van der Waals surface area contributed by atoms with E-state index in [1.54, 1.807) is 30.3 Å². The first kappa shape index (κ1) is 28.4. The molecule has 0 atom stereocenters. The largest absolute Gasteiger partial charge is 0.311 e. The Bertz CT molecular complexity index is 3750. The van der Waals surface area contributed by atoms with E-state index < -0.39 is 24.2 Å². The van der Waals surface area contributed by atoms with Crippen LogP contribution in [0.3, 0.4) is 0 Å². The molecule has 61 heavy (non-hydrogen) atoms. The molecule has 0 saturated carbocycles. The summed E-state index contributed by atoms with van der Waals surface area (Å²) in [7, 11) is 0. The van der Waals surface area contributed by atoms with E-state index in [0.29, 0.717) is 16.8 Å². The van der Waals surface area contributed by atoms with Gasteiger partial charge in [-0.05, 0) is 136 Å². The minimum Gasteiger partial charge on any atom is -0.311 e. The lowest BCUT2D eigenvalue weighted by Gasteiger charge is -2.26. The van der Waals surface area contributed by atoms with Crippen molar-refractivity contribution < 1.29 is 11.0 Å². The maximum absolute atomic E-state index is 9.66. The Balaban J connectivity index is 1.06. The molecule has 0 heterocycles. The lowest BCUT2D eigenvalue weighted by Crippen LogP contribution is -2.09. The maximum Gasteiger partial charge on any atom is 0.0645 e. The first-order valence-electron chi connectivity index (χ1n) is 24.3. The normalized spacial score (nSPS) is 13.1. The Kier molecular flexibility index (Phi) is 7.29. The van der Waals surface area contributed by atoms with Gasteiger partial charge in [0.05, 0.1) is 11.0 Å². The standard InChI is InChI=1S/C60H41N/c1-2-10-42(11-3-1)43-20-22-44(23-21-43)45-26-33-54(34-27-45)61(56-37-30-47(31-38-56)51-32-39-60-53(41-51)25-24-49-13-5-7-18-58(49)60)55-35-28-46(29-36-55)50-15-8-16-52(40-50)59-19-9-14-48-12-4-6-17-57(48)59/h1-41H/i26D,27D,28D,29D,33D,34D,35D,36D. The van der Waals surface area contributed by atoms with Crippen molar-refractivity contribution in [3.8, 4) is 55.6 Å². The van der Waals surface area contributed by atoms with E-state index in [2.05, 4.69) is 42.5 Å². The molecular weight excluding hydrogens is 735 g/mol. The highest BCUT2D eigenvalue weighted by Crippen LogP contribution is 2.39. The number of benzene rings is 11. The van der Waals surface area contributed by atoms with E-state index >= 15 is 0 Å². The minimum absolute atomic E-state index is 0.101. The van der Waals surface area contributed by atoms with E-state index in [4.69, 9.17) is 0 Å². The fourth-order valence-corrected chi connectivity index (χ4v) is 8.27.